The van der Waals surface area contributed by atoms with Gasteiger partial charge in [-0.3, -0.25) is 14.6 Å². The van der Waals surface area contributed by atoms with Crippen LogP contribution in [-0.2, 0) is 6.42 Å². The molecule has 0 radical (unpaired) electrons. The molecule has 4 aromatic rings. The summed E-state index contributed by atoms with van der Waals surface area (Å²) in [7, 11) is 0. The predicted molar refractivity (Wildman–Crippen MR) is 104 cm³/mol. The van der Waals surface area contributed by atoms with Crippen LogP contribution in [0, 0.1) is 0 Å². The van der Waals surface area contributed by atoms with Gasteiger partial charge in [0.25, 0.3) is 11.5 Å². The number of nitrogens with zero attached hydrogens (tertiary/aromatic N) is 2. The number of carbonyl (C=O) groups is 1. The van der Waals surface area contributed by atoms with E-state index < -0.39 is 0 Å². The number of nitrogens with one attached hydrogen (secondary N) is 2. The summed E-state index contributed by atoms with van der Waals surface area (Å²) in [6.07, 6.45) is 4.04. The van der Waals surface area contributed by atoms with Gasteiger partial charge in [0, 0.05) is 35.5 Å². The van der Waals surface area contributed by atoms with Crippen LogP contribution in [0.5, 0.6) is 0 Å². The molecule has 0 aliphatic carbocycles. The third kappa shape index (κ3) is 3.59. The third-order valence-electron chi connectivity index (χ3n) is 4.26. The van der Waals surface area contributed by atoms with Crippen molar-refractivity contribution < 1.29 is 4.79 Å². The minimum absolute atomic E-state index is 0.226. The molecule has 1 amide bonds. The number of rotatable bonds is 4. The Hall–Kier alpha value is -3.80. The lowest BCUT2D eigenvalue weighted by atomic mass is 10.1. The lowest BCUT2D eigenvalue weighted by molar-refractivity contribution is 0.102. The molecule has 0 unspecified atom stereocenters. The first kappa shape index (κ1) is 16.7. The minimum Gasteiger partial charge on any atom is -0.322 e. The number of amides is 1. The van der Waals surface area contributed by atoms with Crippen LogP contribution in [0.1, 0.15) is 21.6 Å². The monoisotopic (exact) mass is 356 g/mol. The number of benzene rings is 2. The lowest BCUT2D eigenvalue weighted by Crippen LogP contribution is -2.14. The molecule has 132 valence electrons. The first-order chi connectivity index (χ1) is 13.2. The fourth-order valence-corrected chi connectivity index (χ4v) is 2.92. The van der Waals surface area contributed by atoms with Crippen molar-refractivity contribution in [2.45, 2.75) is 6.42 Å². The molecule has 6 nitrogen and oxygen atoms in total. The van der Waals surface area contributed by atoms with E-state index in [1.165, 1.54) is 0 Å². The standard InChI is InChI=1S/C21H16N4O2/c26-20(15-6-2-1-3-7-15)23-16-8-9-17-18(12-16)21(27)25-24-19(17)11-14-5-4-10-22-13-14/h1-10,12-13H,11H2,(H,23,26)(H,25,27). The third-order valence-corrected chi connectivity index (χ3v) is 4.26. The van der Waals surface area contributed by atoms with Crippen LogP contribution >= 0.6 is 0 Å². The molecule has 2 heterocycles. The van der Waals surface area contributed by atoms with Gasteiger partial charge in [0.2, 0.25) is 0 Å². The molecule has 6 heteroatoms. The van der Waals surface area contributed by atoms with Gasteiger partial charge in [-0.25, -0.2) is 5.10 Å². The summed E-state index contributed by atoms with van der Waals surface area (Å²) in [6, 6.07) is 18.0. The molecule has 4 rings (SSSR count). The van der Waals surface area contributed by atoms with Crippen molar-refractivity contribution in [3.63, 3.8) is 0 Å². The maximum atomic E-state index is 12.3. The Morgan fingerprint density at radius 1 is 1.00 bits per heavy atom. The number of H-pyrrole nitrogens is 1. The maximum absolute atomic E-state index is 12.3. The smallest absolute Gasteiger partial charge is 0.272 e. The van der Waals surface area contributed by atoms with Crippen molar-refractivity contribution in [2.24, 2.45) is 0 Å². The highest BCUT2D eigenvalue weighted by Crippen LogP contribution is 2.20. The molecule has 2 aromatic heterocycles. The topological polar surface area (TPSA) is 87.7 Å². The molecule has 2 N–H and O–H groups in total. The Morgan fingerprint density at radius 2 is 1.85 bits per heavy atom. The molecular formula is C21H16N4O2. The SMILES string of the molecule is O=C(Nc1ccc2c(Cc3cccnc3)n[nH]c(=O)c2c1)c1ccccc1. The van der Waals surface area contributed by atoms with Gasteiger partial charge >= 0.3 is 0 Å². The Bertz CT molecular complexity index is 1160. The van der Waals surface area contributed by atoms with E-state index in [0.717, 1.165) is 16.6 Å². The zero-order chi connectivity index (χ0) is 18.6. The first-order valence-corrected chi connectivity index (χ1v) is 8.47. The van der Waals surface area contributed by atoms with Gasteiger partial charge in [0.15, 0.2) is 0 Å². The largest absolute Gasteiger partial charge is 0.322 e. The van der Waals surface area contributed by atoms with E-state index in [0.29, 0.717) is 23.1 Å². The second kappa shape index (κ2) is 7.21. The average Bonchev–Trinajstić information content (AvgIpc) is 2.72. The number of aromatic nitrogens is 3. The molecule has 0 fully saturated rings. The number of aromatic amines is 1. The molecule has 0 saturated heterocycles. The van der Waals surface area contributed by atoms with Crippen LogP contribution in [0.2, 0.25) is 0 Å². The zero-order valence-corrected chi connectivity index (χ0v) is 14.3. The van der Waals surface area contributed by atoms with Crippen LogP contribution in [0.3, 0.4) is 0 Å². The summed E-state index contributed by atoms with van der Waals surface area (Å²) in [5.41, 5.74) is 2.56. The first-order valence-electron chi connectivity index (χ1n) is 8.47. The highest BCUT2D eigenvalue weighted by molar-refractivity contribution is 6.05. The average molecular weight is 356 g/mol. The Kier molecular flexibility index (Phi) is 4.45. The Balaban J connectivity index is 1.67. The minimum atomic E-state index is -0.296. The van der Waals surface area contributed by atoms with Crippen LogP contribution < -0.4 is 10.9 Å². The summed E-state index contributed by atoms with van der Waals surface area (Å²) in [5, 5.41) is 10.8. The van der Waals surface area contributed by atoms with Gasteiger partial charge < -0.3 is 5.32 Å². The van der Waals surface area contributed by atoms with E-state index in [-0.39, 0.29) is 11.5 Å². The van der Waals surface area contributed by atoms with E-state index in [9.17, 15) is 9.59 Å². The van der Waals surface area contributed by atoms with E-state index in [2.05, 4.69) is 20.5 Å². The van der Waals surface area contributed by atoms with E-state index >= 15 is 0 Å². The second-order valence-electron chi connectivity index (χ2n) is 6.12. The van der Waals surface area contributed by atoms with Crippen LogP contribution in [-0.4, -0.2) is 21.1 Å². The van der Waals surface area contributed by atoms with Crippen LogP contribution in [0.4, 0.5) is 5.69 Å². The predicted octanol–water partition coefficient (Wildman–Crippen LogP) is 3.16. The van der Waals surface area contributed by atoms with Crippen LogP contribution in [0.25, 0.3) is 10.8 Å². The van der Waals surface area contributed by atoms with Crippen molar-refractivity contribution in [3.8, 4) is 0 Å². The van der Waals surface area contributed by atoms with Crippen molar-refractivity contribution in [2.75, 3.05) is 5.32 Å². The summed E-state index contributed by atoms with van der Waals surface area (Å²) < 4.78 is 0. The molecule has 0 atom stereocenters. The molecular weight excluding hydrogens is 340 g/mol. The van der Waals surface area contributed by atoms with Gasteiger partial charge in [0.1, 0.15) is 0 Å². The van der Waals surface area contributed by atoms with Crippen molar-refractivity contribution in [3.05, 3.63) is 100 Å². The Morgan fingerprint density at radius 3 is 2.63 bits per heavy atom. The van der Waals surface area contributed by atoms with Gasteiger partial charge in [0.05, 0.1) is 11.1 Å². The molecule has 27 heavy (non-hydrogen) atoms. The molecule has 0 aliphatic rings. The summed E-state index contributed by atoms with van der Waals surface area (Å²) >= 11 is 0. The van der Waals surface area contributed by atoms with Crippen LogP contribution in [0.15, 0.2) is 77.9 Å². The number of hydrogen-bond donors (Lipinski definition) is 2. The second-order valence-corrected chi connectivity index (χ2v) is 6.12. The fraction of sp³-hybridized carbons (Fsp3) is 0.0476. The molecule has 0 saturated carbocycles. The molecule has 0 bridgehead atoms. The fourth-order valence-electron chi connectivity index (χ4n) is 2.92. The van der Waals surface area contributed by atoms with Crippen molar-refractivity contribution in [1.82, 2.24) is 15.2 Å². The number of pyridine rings is 1. The van der Waals surface area contributed by atoms with Crippen molar-refractivity contribution in [1.29, 1.82) is 0 Å². The number of anilines is 1. The summed E-state index contributed by atoms with van der Waals surface area (Å²) in [5.74, 6) is -0.226. The highest BCUT2D eigenvalue weighted by Gasteiger charge is 2.10. The van der Waals surface area contributed by atoms with E-state index in [1.807, 2.05) is 24.3 Å². The van der Waals surface area contributed by atoms with Gasteiger partial charge in [-0.05, 0) is 35.9 Å². The van der Waals surface area contributed by atoms with Gasteiger partial charge in [-0.15, -0.1) is 0 Å². The summed E-state index contributed by atoms with van der Waals surface area (Å²) in [6.45, 7) is 0. The normalized spacial score (nSPS) is 10.7. The molecule has 2 aromatic carbocycles. The zero-order valence-electron chi connectivity index (χ0n) is 14.3. The Labute approximate surface area is 154 Å². The number of carbonyl (C=O) groups excluding carboxylic acids is 1. The molecule has 0 spiro atoms. The quantitative estimate of drug-likeness (QED) is 0.588. The van der Waals surface area contributed by atoms with E-state index in [1.54, 1.807) is 48.8 Å². The van der Waals surface area contributed by atoms with E-state index in [4.69, 9.17) is 0 Å². The van der Waals surface area contributed by atoms with Crippen molar-refractivity contribution >= 4 is 22.4 Å². The van der Waals surface area contributed by atoms with Gasteiger partial charge in [-0.1, -0.05) is 30.3 Å². The maximum Gasteiger partial charge on any atom is 0.272 e. The number of hydrogen-bond acceptors (Lipinski definition) is 4. The van der Waals surface area contributed by atoms with Gasteiger partial charge in [-0.2, -0.15) is 5.10 Å². The number of fused-ring (bicyclic) bond motifs is 1. The highest BCUT2D eigenvalue weighted by atomic mass is 16.1. The molecule has 0 aliphatic heterocycles. The summed E-state index contributed by atoms with van der Waals surface area (Å²) in [4.78, 5) is 28.7. The lowest BCUT2D eigenvalue weighted by Gasteiger charge is -2.09.